The molecule has 1 saturated heterocycles. The molecule has 1 fully saturated rings. The van der Waals surface area contributed by atoms with E-state index in [0.717, 1.165) is 19.5 Å². The van der Waals surface area contributed by atoms with Crippen LogP contribution in [0.1, 0.15) is 12.8 Å². The smallest absolute Gasteiger partial charge is 0.237 e. The number of rotatable bonds is 3. The minimum atomic E-state index is 0.210. The third-order valence-electron chi connectivity index (χ3n) is 1.99. The van der Waals surface area contributed by atoms with Crippen molar-refractivity contribution in [3.8, 4) is 0 Å². The first-order chi connectivity index (χ1) is 5.25. The fraction of sp³-hybridized carbons (Fsp3) is 0.857. The molecular formula is C7H15N3O. The normalized spacial score (nSPS) is 19.8. The molecule has 4 heteroatoms. The second-order valence-electron chi connectivity index (χ2n) is 2.76. The number of nitrogens with two attached hydrogens (primary N) is 1. The highest BCUT2D eigenvalue weighted by atomic mass is 16.2. The molecule has 4 nitrogen and oxygen atoms in total. The van der Waals surface area contributed by atoms with Gasteiger partial charge in [-0.05, 0) is 13.0 Å². The molecule has 2 N–H and O–H groups in total. The largest absolute Gasteiger partial charge is 0.330 e. The predicted octanol–water partition coefficient (Wildman–Crippen LogP) is -0.586. The van der Waals surface area contributed by atoms with E-state index in [0.29, 0.717) is 13.0 Å². The molecule has 1 amide bonds. The van der Waals surface area contributed by atoms with Crippen molar-refractivity contribution in [2.45, 2.75) is 12.8 Å². The number of carbonyl (C=O) groups is 1. The number of amides is 1. The lowest BCUT2D eigenvalue weighted by Gasteiger charge is -2.23. The fourth-order valence-corrected chi connectivity index (χ4v) is 1.23. The summed E-state index contributed by atoms with van der Waals surface area (Å²) in [5, 5.41) is 3.73. The van der Waals surface area contributed by atoms with Crippen molar-refractivity contribution in [3.05, 3.63) is 0 Å². The lowest BCUT2D eigenvalue weighted by Crippen LogP contribution is -2.36. The van der Waals surface area contributed by atoms with E-state index in [1.165, 1.54) is 0 Å². The van der Waals surface area contributed by atoms with Gasteiger partial charge in [-0.2, -0.15) is 0 Å². The summed E-state index contributed by atoms with van der Waals surface area (Å²) in [6.45, 7) is 2.45. The minimum absolute atomic E-state index is 0.210. The van der Waals surface area contributed by atoms with Gasteiger partial charge in [-0.25, -0.2) is 5.01 Å². The molecule has 0 spiro atoms. The molecule has 0 atom stereocenters. The molecule has 1 aliphatic heterocycles. The molecule has 1 heterocycles. The SMILES string of the molecule is CN1C(=O)CCN1CCCN. The van der Waals surface area contributed by atoms with Crippen molar-refractivity contribution in [1.29, 1.82) is 0 Å². The summed E-state index contributed by atoms with van der Waals surface area (Å²) >= 11 is 0. The molecule has 0 aromatic heterocycles. The second kappa shape index (κ2) is 3.69. The Morgan fingerprint density at radius 3 is 2.82 bits per heavy atom. The lowest BCUT2D eigenvalue weighted by molar-refractivity contribution is -0.135. The summed E-state index contributed by atoms with van der Waals surface area (Å²) in [6.07, 6.45) is 1.61. The zero-order chi connectivity index (χ0) is 8.27. The van der Waals surface area contributed by atoms with E-state index in [2.05, 4.69) is 0 Å². The summed E-state index contributed by atoms with van der Waals surface area (Å²) in [5.74, 6) is 0.210. The molecule has 1 rings (SSSR count). The average Bonchev–Trinajstić information content (AvgIpc) is 2.31. The highest BCUT2D eigenvalue weighted by molar-refractivity contribution is 5.77. The molecule has 64 valence electrons. The van der Waals surface area contributed by atoms with Crippen LogP contribution < -0.4 is 5.73 Å². The molecule has 0 aromatic carbocycles. The van der Waals surface area contributed by atoms with Gasteiger partial charge in [-0.3, -0.25) is 9.80 Å². The predicted molar refractivity (Wildman–Crippen MR) is 42.6 cm³/mol. The Bertz CT molecular complexity index is 149. The van der Waals surface area contributed by atoms with Gasteiger partial charge < -0.3 is 5.73 Å². The van der Waals surface area contributed by atoms with Crippen molar-refractivity contribution in [2.75, 3.05) is 26.7 Å². The van der Waals surface area contributed by atoms with E-state index < -0.39 is 0 Å². The van der Waals surface area contributed by atoms with E-state index in [-0.39, 0.29) is 5.91 Å². The summed E-state index contributed by atoms with van der Waals surface area (Å²) < 4.78 is 0. The standard InChI is InChI=1S/C7H15N3O/c1-9-7(11)3-6-10(9)5-2-4-8/h2-6,8H2,1H3. The number of hydrogen-bond acceptors (Lipinski definition) is 3. The fourth-order valence-electron chi connectivity index (χ4n) is 1.23. The van der Waals surface area contributed by atoms with Crippen LogP contribution in [0.15, 0.2) is 0 Å². The van der Waals surface area contributed by atoms with Gasteiger partial charge >= 0.3 is 0 Å². The van der Waals surface area contributed by atoms with Gasteiger partial charge in [-0.15, -0.1) is 0 Å². The molecule has 0 bridgehead atoms. The monoisotopic (exact) mass is 157 g/mol. The van der Waals surface area contributed by atoms with E-state index in [1.54, 1.807) is 5.01 Å². The first-order valence-corrected chi connectivity index (χ1v) is 3.97. The number of nitrogens with zero attached hydrogens (tertiary/aromatic N) is 2. The van der Waals surface area contributed by atoms with Crippen molar-refractivity contribution >= 4 is 5.91 Å². The van der Waals surface area contributed by atoms with Crippen LogP contribution in [-0.2, 0) is 4.79 Å². The van der Waals surface area contributed by atoms with Crippen molar-refractivity contribution < 1.29 is 4.79 Å². The van der Waals surface area contributed by atoms with Crippen LogP contribution in [0.25, 0.3) is 0 Å². The van der Waals surface area contributed by atoms with E-state index >= 15 is 0 Å². The van der Waals surface area contributed by atoms with Gasteiger partial charge in [0.25, 0.3) is 0 Å². The molecular weight excluding hydrogens is 142 g/mol. The third-order valence-corrected chi connectivity index (χ3v) is 1.99. The summed E-state index contributed by atoms with van der Waals surface area (Å²) in [7, 11) is 1.81. The first kappa shape index (κ1) is 8.49. The quantitative estimate of drug-likeness (QED) is 0.596. The Labute approximate surface area is 66.9 Å². The summed E-state index contributed by atoms with van der Waals surface area (Å²) in [5.41, 5.74) is 5.36. The highest BCUT2D eigenvalue weighted by Gasteiger charge is 2.23. The Morgan fingerprint density at radius 1 is 1.64 bits per heavy atom. The second-order valence-corrected chi connectivity index (χ2v) is 2.76. The molecule has 0 unspecified atom stereocenters. The van der Waals surface area contributed by atoms with Crippen LogP contribution in [-0.4, -0.2) is 42.6 Å². The number of hydrazine groups is 1. The minimum Gasteiger partial charge on any atom is -0.330 e. The summed E-state index contributed by atoms with van der Waals surface area (Å²) in [6, 6.07) is 0. The Kier molecular flexibility index (Phi) is 2.84. The van der Waals surface area contributed by atoms with Crippen LogP contribution in [0, 0.1) is 0 Å². The molecule has 0 aromatic rings. The Morgan fingerprint density at radius 2 is 2.36 bits per heavy atom. The number of carbonyl (C=O) groups excluding carboxylic acids is 1. The van der Waals surface area contributed by atoms with Gasteiger partial charge in [0.05, 0.1) is 0 Å². The number of hydrogen-bond donors (Lipinski definition) is 1. The molecule has 0 aliphatic carbocycles. The van der Waals surface area contributed by atoms with Crippen LogP contribution in [0.5, 0.6) is 0 Å². The maximum Gasteiger partial charge on any atom is 0.237 e. The average molecular weight is 157 g/mol. The van der Waals surface area contributed by atoms with Gasteiger partial charge in [0.2, 0.25) is 5.91 Å². The van der Waals surface area contributed by atoms with Crippen molar-refractivity contribution in [2.24, 2.45) is 5.73 Å². The van der Waals surface area contributed by atoms with Gasteiger partial charge in [0.1, 0.15) is 0 Å². The van der Waals surface area contributed by atoms with Gasteiger partial charge in [0.15, 0.2) is 0 Å². The van der Waals surface area contributed by atoms with Crippen LogP contribution in [0.3, 0.4) is 0 Å². The van der Waals surface area contributed by atoms with Gasteiger partial charge in [-0.1, -0.05) is 0 Å². The van der Waals surface area contributed by atoms with E-state index in [4.69, 9.17) is 5.73 Å². The summed E-state index contributed by atoms with van der Waals surface area (Å²) in [4.78, 5) is 11.0. The molecule has 0 radical (unpaired) electrons. The topological polar surface area (TPSA) is 49.6 Å². The molecule has 0 saturated carbocycles. The highest BCUT2D eigenvalue weighted by Crippen LogP contribution is 2.08. The van der Waals surface area contributed by atoms with Gasteiger partial charge in [0, 0.05) is 26.6 Å². The van der Waals surface area contributed by atoms with Crippen LogP contribution in [0.2, 0.25) is 0 Å². The Balaban J connectivity index is 2.30. The molecule has 1 aliphatic rings. The van der Waals surface area contributed by atoms with Crippen LogP contribution >= 0.6 is 0 Å². The lowest BCUT2D eigenvalue weighted by atomic mass is 10.4. The van der Waals surface area contributed by atoms with E-state index in [1.807, 2.05) is 12.1 Å². The van der Waals surface area contributed by atoms with Crippen molar-refractivity contribution in [1.82, 2.24) is 10.0 Å². The van der Waals surface area contributed by atoms with E-state index in [9.17, 15) is 4.79 Å². The third kappa shape index (κ3) is 1.91. The Hall–Kier alpha value is -0.610. The molecule has 11 heavy (non-hydrogen) atoms. The van der Waals surface area contributed by atoms with Crippen LogP contribution in [0.4, 0.5) is 0 Å². The first-order valence-electron chi connectivity index (χ1n) is 3.97. The zero-order valence-electron chi connectivity index (χ0n) is 6.92. The maximum atomic E-state index is 11.0. The zero-order valence-corrected chi connectivity index (χ0v) is 6.92. The maximum absolute atomic E-state index is 11.0. The van der Waals surface area contributed by atoms with Crippen molar-refractivity contribution in [3.63, 3.8) is 0 Å².